The summed E-state index contributed by atoms with van der Waals surface area (Å²) in [6, 6.07) is 1.20. The molecule has 9 heteroatoms. The van der Waals surface area contributed by atoms with Gasteiger partial charge in [0.15, 0.2) is 0 Å². The number of thiophene rings is 1. The molecule has 0 radical (unpaired) electrons. The van der Waals surface area contributed by atoms with Crippen molar-refractivity contribution in [2.75, 3.05) is 13.1 Å². The monoisotopic (exact) mass is 306 g/mol. The number of hydrogen-bond acceptors (Lipinski definition) is 5. The lowest BCUT2D eigenvalue weighted by atomic mass is 10.2. The number of carboxylic acids is 1. The van der Waals surface area contributed by atoms with Crippen LogP contribution in [0, 0.1) is 0 Å². The standard InChI is InChI=1S/C10H14N2O5S2/c1-2-12(4-3-8(13)14)10(15)7-5-9(18-6-7)19(11,16)17/h5-6H,2-4H2,1H3,(H,13,14)(H2,11,16,17). The van der Waals surface area contributed by atoms with Crippen molar-refractivity contribution in [3.8, 4) is 0 Å². The van der Waals surface area contributed by atoms with Crippen molar-refractivity contribution in [1.29, 1.82) is 0 Å². The van der Waals surface area contributed by atoms with Gasteiger partial charge in [0.1, 0.15) is 4.21 Å². The van der Waals surface area contributed by atoms with Crippen molar-refractivity contribution in [1.82, 2.24) is 4.90 Å². The van der Waals surface area contributed by atoms with E-state index in [1.165, 1.54) is 16.3 Å². The van der Waals surface area contributed by atoms with Crippen LogP contribution in [0.3, 0.4) is 0 Å². The zero-order chi connectivity index (χ0) is 14.6. The van der Waals surface area contributed by atoms with Gasteiger partial charge in [-0.1, -0.05) is 0 Å². The molecule has 19 heavy (non-hydrogen) atoms. The minimum Gasteiger partial charge on any atom is -0.481 e. The first-order valence-corrected chi connectivity index (χ1v) is 7.80. The highest BCUT2D eigenvalue weighted by Gasteiger charge is 2.19. The number of nitrogens with two attached hydrogens (primary N) is 1. The van der Waals surface area contributed by atoms with Crippen molar-refractivity contribution >= 4 is 33.2 Å². The minimum absolute atomic E-state index is 0.0746. The van der Waals surface area contributed by atoms with Crippen LogP contribution in [0.1, 0.15) is 23.7 Å². The van der Waals surface area contributed by atoms with Gasteiger partial charge in [0.25, 0.3) is 5.91 Å². The second-order valence-corrected chi connectivity index (χ2v) is 6.43. The Labute approximate surface area is 114 Å². The van der Waals surface area contributed by atoms with Crippen LogP contribution < -0.4 is 5.14 Å². The molecule has 0 spiro atoms. The molecule has 1 aromatic heterocycles. The van der Waals surface area contributed by atoms with Gasteiger partial charge in [-0.2, -0.15) is 0 Å². The van der Waals surface area contributed by atoms with Gasteiger partial charge in [-0.3, -0.25) is 9.59 Å². The van der Waals surface area contributed by atoms with E-state index in [9.17, 15) is 18.0 Å². The van der Waals surface area contributed by atoms with Crippen molar-refractivity contribution in [3.05, 3.63) is 17.0 Å². The van der Waals surface area contributed by atoms with Gasteiger partial charge in [0.2, 0.25) is 10.0 Å². The summed E-state index contributed by atoms with van der Waals surface area (Å²) in [5.41, 5.74) is 0.196. The fourth-order valence-electron chi connectivity index (χ4n) is 1.39. The smallest absolute Gasteiger partial charge is 0.305 e. The number of primary sulfonamides is 1. The van der Waals surface area contributed by atoms with Crippen molar-refractivity contribution < 1.29 is 23.1 Å². The van der Waals surface area contributed by atoms with E-state index in [0.717, 1.165) is 11.3 Å². The average Bonchev–Trinajstić information content (AvgIpc) is 2.77. The number of carbonyl (C=O) groups excluding carboxylic acids is 1. The van der Waals surface area contributed by atoms with Crippen LogP contribution in [0.5, 0.6) is 0 Å². The van der Waals surface area contributed by atoms with E-state index >= 15 is 0 Å². The van der Waals surface area contributed by atoms with Crippen LogP contribution in [-0.4, -0.2) is 43.4 Å². The Balaban J connectivity index is 2.86. The van der Waals surface area contributed by atoms with Crippen molar-refractivity contribution in [2.24, 2.45) is 5.14 Å². The lowest BCUT2D eigenvalue weighted by Crippen LogP contribution is -2.32. The summed E-state index contributed by atoms with van der Waals surface area (Å²) in [6.45, 7) is 2.13. The van der Waals surface area contributed by atoms with E-state index in [4.69, 9.17) is 10.2 Å². The number of amides is 1. The van der Waals surface area contributed by atoms with Gasteiger partial charge in [0.05, 0.1) is 12.0 Å². The first-order valence-electron chi connectivity index (χ1n) is 5.38. The highest BCUT2D eigenvalue weighted by Crippen LogP contribution is 2.20. The third-order valence-corrected chi connectivity index (χ3v) is 4.75. The van der Waals surface area contributed by atoms with Gasteiger partial charge < -0.3 is 10.0 Å². The second-order valence-electron chi connectivity index (χ2n) is 3.73. The summed E-state index contributed by atoms with van der Waals surface area (Å²) in [5.74, 6) is -1.41. The molecule has 106 valence electrons. The Morgan fingerprint density at radius 1 is 1.47 bits per heavy atom. The maximum absolute atomic E-state index is 12.0. The SMILES string of the molecule is CCN(CCC(=O)O)C(=O)c1csc(S(N)(=O)=O)c1. The molecule has 0 bridgehead atoms. The van der Waals surface area contributed by atoms with Gasteiger partial charge >= 0.3 is 5.97 Å². The molecular weight excluding hydrogens is 292 g/mol. The highest BCUT2D eigenvalue weighted by molar-refractivity contribution is 7.91. The third-order valence-electron chi connectivity index (χ3n) is 2.37. The highest BCUT2D eigenvalue weighted by atomic mass is 32.2. The Hall–Kier alpha value is -1.45. The number of aliphatic carboxylic acids is 1. The van der Waals surface area contributed by atoms with Crippen molar-refractivity contribution in [3.63, 3.8) is 0 Å². The lowest BCUT2D eigenvalue weighted by Gasteiger charge is -2.19. The number of sulfonamides is 1. The number of rotatable bonds is 6. The summed E-state index contributed by atoms with van der Waals surface area (Å²) in [4.78, 5) is 23.9. The summed E-state index contributed by atoms with van der Waals surface area (Å²) in [6.07, 6.45) is -0.161. The normalized spacial score (nSPS) is 11.3. The molecule has 0 saturated carbocycles. The molecule has 1 aromatic rings. The molecule has 0 aliphatic carbocycles. The van der Waals surface area contributed by atoms with Crippen LogP contribution in [0.4, 0.5) is 0 Å². The van der Waals surface area contributed by atoms with Gasteiger partial charge in [-0.05, 0) is 13.0 Å². The first kappa shape index (κ1) is 15.6. The molecule has 7 nitrogen and oxygen atoms in total. The van der Waals surface area contributed by atoms with Crippen LogP contribution in [0.15, 0.2) is 15.7 Å². The van der Waals surface area contributed by atoms with Crippen LogP contribution in [-0.2, 0) is 14.8 Å². The molecule has 1 amide bonds. The molecule has 0 unspecified atom stereocenters. The van der Waals surface area contributed by atoms with Crippen molar-refractivity contribution in [2.45, 2.75) is 17.6 Å². The fraction of sp³-hybridized carbons (Fsp3) is 0.400. The zero-order valence-corrected chi connectivity index (χ0v) is 11.8. The quantitative estimate of drug-likeness (QED) is 0.785. The van der Waals surface area contributed by atoms with Gasteiger partial charge in [-0.25, -0.2) is 13.6 Å². The Morgan fingerprint density at radius 2 is 2.11 bits per heavy atom. The number of nitrogens with zero attached hydrogens (tertiary/aromatic N) is 1. The molecule has 0 aliphatic rings. The molecule has 3 N–H and O–H groups in total. The maximum atomic E-state index is 12.0. The van der Waals surface area contributed by atoms with Crippen LogP contribution in [0.25, 0.3) is 0 Å². The summed E-state index contributed by atoms with van der Waals surface area (Å²) >= 11 is 0.860. The van der Waals surface area contributed by atoms with E-state index in [-0.39, 0.29) is 22.7 Å². The molecule has 0 saturated heterocycles. The van der Waals surface area contributed by atoms with E-state index in [1.807, 2.05) is 0 Å². The van der Waals surface area contributed by atoms with E-state index in [1.54, 1.807) is 6.92 Å². The summed E-state index contributed by atoms with van der Waals surface area (Å²) < 4.78 is 22.1. The largest absolute Gasteiger partial charge is 0.481 e. The summed E-state index contributed by atoms with van der Waals surface area (Å²) in [7, 11) is -3.82. The third kappa shape index (κ3) is 4.30. The average molecular weight is 306 g/mol. The lowest BCUT2D eigenvalue weighted by molar-refractivity contribution is -0.137. The first-order chi connectivity index (χ1) is 8.75. The second kappa shape index (κ2) is 6.13. The number of carboxylic acid groups (broad SMARTS) is 1. The topological polar surface area (TPSA) is 118 Å². The van der Waals surface area contributed by atoms with E-state index in [0.29, 0.717) is 6.54 Å². The fourth-order valence-corrected chi connectivity index (χ4v) is 2.97. The number of carbonyl (C=O) groups is 2. The molecule has 0 aromatic carbocycles. The molecule has 0 fully saturated rings. The van der Waals surface area contributed by atoms with E-state index in [2.05, 4.69) is 0 Å². The molecule has 1 heterocycles. The Bertz CT molecular complexity index is 578. The predicted octanol–water partition coefficient (Wildman–Crippen LogP) is 0.332. The van der Waals surface area contributed by atoms with Crippen LogP contribution in [0.2, 0.25) is 0 Å². The zero-order valence-electron chi connectivity index (χ0n) is 10.2. The van der Waals surface area contributed by atoms with Gasteiger partial charge in [-0.15, -0.1) is 11.3 Å². The molecular formula is C10H14N2O5S2. The Morgan fingerprint density at radius 3 is 2.53 bits per heavy atom. The summed E-state index contributed by atoms with van der Waals surface area (Å²) in [5, 5.41) is 14.9. The van der Waals surface area contributed by atoms with E-state index < -0.39 is 21.9 Å². The molecule has 0 atom stereocenters. The number of hydrogen-bond donors (Lipinski definition) is 2. The predicted molar refractivity (Wildman–Crippen MR) is 69.5 cm³/mol. The minimum atomic E-state index is -3.82. The molecule has 1 rings (SSSR count). The van der Waals surface area contributed by atoms with Crippen LogP contribution >= 0.6 is 11.3 Å². The maximum Gasteiger partial charge on any atom is 0.305 e. The molecule has 0 aliphatic heterocycles. The van der Waals surface area contributed by atoms with Gasteiger partial charge in [0, 0.05) is 18.5 Å². The Kier molecular flexibility index (Phi) is 5.04.